The summed E-state index contributed by atoms with van der Waals surface area (Å²) in [6.45, 7) is 0. The largest absolute Gasteiger partial charge is 0.256 e. The molecule has 0 aliphatic heterocycles. The zero-order valence-corrected chi connectivity index (χ0v) is 18.6. The molecular weight excluding hydrogens is 412 g/mol. The van der Waals surface area contributed by atoms with Gasteiger partial charge in [-0.15, -0.1) is 0 Å². The van der Waals surface area contributed by atoms with Crippen molar-refractivity contribution in [2.45, 2.75) is 0 Å². The Morgan fingerprint density at radius 1 is 0.353 bits per heavy atom. The molecule has 0 aliphatic carbocycles. The standard InChI is InChI=1S/C32H22N2/c1-3-10-23(11-4-1)31-20-29(21-32(34-31)24-12-5-2-6-13-24)25-16-9-17-27(18-25)30-19-26-14-7-8-15-28(26)22-33-30/h1-22H. The third-order valence-corrected chi connectivity index (χ3v) is 6.09. The number of pyridine rings is 2. The Morgan fingerprint density at radius 3 is 1.59 bits per heavy atom. The van der Waals surface area contributed by atoms with Crippen molar-refractivity contribution in [1.29, 1.82) is 0 Å². The molecule has 0 saturated carbocycles. The molecule has 0 unspecified atom stereocenters. The maximum atomic E-state index is 5.00. The number of hydrogen-bond donors (Lipinski definition) is 0. The summed E-state index contributed by atoms with van der Waals surface area (Å²) in [5.74, 6) is 0. The van der Waals surface area contributed by atoms with E-state index in [4.69, 9.17) is 9.97 Å². The summed E-state index contributed by atoms with van der Waals surface area (Å²) in [6.07, 6.45) is 1.95. The van der Waals surface area contributed by atoms with E-state index in [0.29, 0.717) is 0 Å². The first-order chi connectivity index (χ1) is 16.8. The van der Waals surface area contributed by atoms with Gasteiger partial charge in [0.15, 0.2) is 0 Å². The van der Waals surface area contributed by atoms with Crippen LogP contribution in [-0.4, -0.2) is 9.97 Å². The van der Waals surface area contributed by atoms with Gasteiger partial charge in [0.25, 0.3) is 0 Å². The van der Waals surface area contributed by atoms with E-state index in [-0.39, 0.29) is 0 Å². The molecule has 2 aromatic heterocycles. The zero-order chi connectivity index (χ0) is 22.7. The van der Waals surface area contributed by atoms with Crippen molar-refractivity contribution < 1.29 is 0 Å². The number of hydrogen-bond acceptors (Lipinski definition) is 2. The number of nitrogens with zero attached hydrogens (tertiary/aromatic N) is 2. The van der Waals surface area contributed by atoms with Gasteiger partial charge in [0.1, 0.15) is 0 Å². The molecule has 0 saturated heterocycles. The molecular formula is C32H22N2. The zero-order valence-electron chi connectivity index (χ0n) is 18.6. The van der Waals surface area contributed by atoms with E-state index in [9.17, 15) is 0 Å². The normalized spacial score (nSPS) is 10.9. The maximum absolute atomic E-state index is 5.00. The Labute approximate surface area is 199 Å². The SMILES string of the molecule is c1ccc(-c2cc(-c3cccc(-c4cc5ccccc5cn4)c3)cc(-c3ccccc3)n2)cc1. The average Bonchev–Trinajstić information content (AvgIpc) is 2.93. The van der Waals surface area contributed by atoms with Gasteiger partial charge in [-0.25, -0.2) is 4.98 Å². The quantitative estimate of drug-likeness (QED) is 0.279. The Kier molecular flexibility index (Phi) is 5.17. The summed E-state index contributed by atoms with van der Waals surface area (Å²) in [4.78, 5) is 9.73. The molecule has 0 N–H and O–H groups in total. The lowest BCUT2D eigenvalue weighted by atomic mass is 9.97. The van der Waals surface area contributed by atoms with Gasteiger partial charge in [0.2, 0.25) is 0 Å². The molecule has 2 nitrogen and oxygen atoms in total. The topological polar surface area (TPSA) is 25.8 Å². The molecule has 0 aliphatic rings. The minimum atomic E-state index is 0.964. The van der Waals surface area contributed by atoms with Crippen molar-refractivity contribution in [3.8, 4) is 44.9 Å². The number of aromatic nitrogens is 2. The lowest BCUT2D eigenvalue weighted by Crippen LogP contribution is -1.91. The molecule has 2 heteroatoms. The second-order valence-electron chi connectivity index (χ2n) is 8.36. The van der Waals surface area contributed by atoms with Gasteiger partial charge in [-0.2, -0.15) is 0 Å². The first-order valence-corrected chi connectivity index (χ1v) is 11.4. The second-order valence-corrected chi connectivity index (χ2v) is 8.36. The van der Waals surface area contributed by atoms with Crippen LogP contribution in [0.5, 0.6) is 0 Å². The predicted molar refractivity (Wildman–Crippen MR) is 141 cm³/mol. The van der Waals surface area contributed by atoms with Crippen LogP contribution in [0.4, 0.5) is 0 Å². The van der Waals surface area contributed by atoms with Crippen LogP contribution in [0.25, 0.3) is 55.7 Å². The van der Waals surface area contributed by atoms with Crippen LogP contribution < -0.4 is 0 Å². The van der Waals surface area contributed by atoms with Gasteiger partial charge in [0.05, 0.1) is 17.1 Å². The number of rotatable bonds is 4. The lowest BCUT2D eigenvalue weighted by molar-refractivity contribution is 1.32. The minimum Gasteiger partial charge on any atom is -0.256 e. The first kappa shape index (κ1) is 20.1. The van der Waals surface area contributed by atoms with Gasteiger partial charge < -0.3 is 0 Å². The summed E-state index contributed by atoms with van der Waals surface area (Å²) in [7, 11) is 0. The van der Waals surface area contributed by atoms with Crippen molar-refractivity contribution in [3.05, 3.63) is 134 Å². The molecule has 0 bridgehead atoms. The summed E-state index contributed by atoms with van der Waals surface area (Å²) in [5.41, 5.74) is 8.49. The molecule has 6 rings (SSSR count). The van der Waals surface area contributed by atoms with Crippen LogP contribution in [0.15, 0.2) is 134 Å². The van der Waals surface area contributed by atoms with E-state index >= 15 is 0 Å². The highest BCUT2D eigenvalue weighted by atomic mass is 14.7. The van der Waals surface area contributed by atoms with Crippen LogP contribution in [0.3, 0.4) is 0 Å². The highest BCUT2D eigenvalue weighted by molar-refractivity contribution is 5.86. The van der Waals surface area contributed by atoms with Gasteiger partial charge in [0, 0.05) is 28.3 Å². The van der Waals surface area contributed by atoms with Gasteiger partial charge in [-0.1, -0.05) is 103 Å². The molecule has 6 aromatic rings. The van der Waals surface area contributed by atoms with E-state index in [1.54, 1.807) is 0 Å². The molecule has 0 fully saturated rings. The Morgan fingerprint density at radius 2 is 0.912 bits per heavy atom. The smallest absolute Gasteiger partial charge is 0.0715 e. The Hall–Kier alpha value is -4.56. The molecule has 160 valence electrons. The predicted octanol–water partition coefficient (Wildman–Crippen LogP) is 8.30. The van der Waals surface area contributed by atoms with Crippen LogP contribution in [0.1, 0.15) is 0 Å². The fraction of sp³-hybridized carbons (Fsp3) is 0. The molecule has 0 atom stereocenters. The van der Waals surface area contributed by atoms with Crippen molar-refractivity contribution >= 4 is 10.8 Å². The van der Waals surface area contributed by atoms with E-state index in [1.807, 2.05) is 24.4 Å². The third-order valence-electron chi connectivity index (χ3n) is 6.09. The summed E-state index contributed by atoms with van der Waals surface area (Å²) >= 11 is 0. The molecule has 0 amide bonds. The van der Waals surface area contributed by atoms with Crippen molar-refractivity contribution in [2.75, 3.05) is 0 Å². The van der Waals surface area contributed by atoms with Crippen LogP contribution >= 0.6 is 0 Å². The van der Waals surface area contributed by atoms with Gasteiger partial charge in [-0.3, -0.25) is 4.98 Å². The van der Waals surface area contributed by atoms with E-state index in [1.165, 1.54) is 5.39 Å². The maximum Gasteiger partial charge on any atom is 0.0715 e. The van der Waals surface area contributed by atoms with Crippen molar-refractivity contribution in [1.82, 2.24) is 9.97 Å². The lowest BCUT2D eigenvalue weighted by Gasteiger charge is -2.11. The molecule has 0 radical (unpaired) electrons. The Balaban J connectivity index is 1.48. The molecule has 2 heterocycles. The number of fused-ring (bicyclic) bond motifs is 1. The average molecular weight is 435 g/mol. The molecule has 4 aromatic carbocycles. The van der Waals surface area contributed by atoms with Crippen LogP contribution in [-0.2, 0) is 0 Å². The molecule has 0 spiro atoms. The Bertz CT molecular complexity index is 1530. The van der Waals surface area contributed by atoms with Crippen molar-refractivity contribution in [3.63, 3.8) is 0 Å². The first-order valence-electron chi connectivity index (χ1n) is 11.4. The van der Waals surface area contributed by atoms with Crippen molar-refractivity contribution in [2.24, 2.45) is 0 Å². The van der Waals surface area contributed by atoms with E-state index < -0.39 is 0 Å². The fourth-order valence-electron chi connectivity index (χ4n) is 4.31. The fourth-order valence-corrected chi connectivity index (χ4v) is 4.31. The second kappa shape index (κ2) is 8.76. The highest BCUT2D eigenvalue weighted by Crippen LogP contribution is 2.32. The van der Waals surface area contributed by atoms with Crippen LogP contribution in [0.2, 0.25) is 0 Å². The monoisotopic (exact) mass is 434 g/mol. The number of benzene rings is 4. The van der Waals surface area contributed by atoms with Gasteiger partial charge >= 0.3 is 0 Å². The summed E-state index contributed by atoms with van der Waals surface area (Å²) < 4.78 is 0. The third kappa shape index (κ3) is 3.98. The van der Waals surface area contributed by atoms with Crippen LogP contribution in [0, 0.1) is 0 Å². The minimum absolute atomic E-state index is 0.964. The van der Waals surface area contributed by atoms with E-state index in [0.717, 1.165) is 50.3 Å². The van der Waals surface area contributed by atoms with E-state index in [2.05, 4.69) is 109 Å². The summed E-state index contributed by atoms with van der Waals surface area (Å²) in [6, 6.07) is 44.2. The highest BCUT2D eigenvalue weighted by Gasteiger charge is 2.10. The summed E-state index contributed by atoms with van der Waals surface area (Å²) in [5, 5.41) is 2.34. The van der Waals surface area contributed by atoms with Gasteiger partial charge in [-0.05, 0) is 40.8 Å². The molecule has 34 heavy (non-hydrogen) atoms.